The summed E-state index contributed by atoms with van der Waals surface area (Å²) in [5.74, 6) is 0.349. The molecule has 2 aromatic rings. The predicted molar refractivity (Wildman–Crippen MR) is 113 cm³/mol. The molecule has 152 valence electrons. The Hall–Kier alpha value is -1.37. The standard InChI is InChI=1S/C21H28ClN3O2S/c1-14(17-8-7-16-5-3-4-6-18(16)11-17)23-12-20-15(2)24-25(21(20)22)19-9-10-28(26,27)13-19/h7-8,11,14,19,23H,3-6,9-10,12-13H2,1-2H3/t14-,19-/m0/s1. The van der Waals surface area contributed by atoms with E-state index in [2.05, 4.69) is 35.5 Å². The van der Waals surface area contributed by atoms with Gasteiger partial charge in [0.25, 0.3) is 0 Å². The first-order valence-electron chi connectivity index (χ1n) is 10.1. The number of fused-ring (bicyclic) bond motifs is 1. The van der Waals surface area contributed by atoms with E-state index in [4.69, 9.17) is 11.6 Å². The molecular formula is C21H28ClN3O2S. The van der Waals surface area contributed by atoms with E-state index in [1.54, 1.807) is 4.68 Å². The number of hydrogen-bond acceptors (Lipinski definition) is 4. The zero-order valence-corrected chi connectivity index (χ0v) is 18.1. The van der Waals surface area contributed by atoms with Gasteiger partial charge in [-0.05, 0) is 62.6 Å². The molecule has 2 heterocycles. The number of rotatable bonds is 5. The van der Waals surface area contributed by atoms with Gasteiger partial charge in [0.1, 0.15) is 5.15 Å². The topological polar surface area (TPSA) is 64.0 Å². The summed E-state index contributed by atoms with van der Waals surface area (Å²) in [6.07, 6.45) is 5.54. The molecule has 0 spiro atoms. The van der Waals surface area contributed by atoms with Crippen LogP contribution >= 0.6 is 11.6 Å². The average molecular weight is 422 g/mol. The maximum absolute atomic E-state index is 11.8. The van der Waals surface area contributed by atoms with Crippen LogP contribution in [-0.2, 0) is 29.2 Å². The predicted octanol–water partition coefficient (Wildman–Crippen LogP) is 3.93. The molecule has 4 rings (SSSR count). The third-order valence-corrected chi connectivity index (χ3v) is 8.31. The highest BCUT2D eigenvalue weighted by Crippen LogP contribution is 2.30. The summed E-state index contributed by atoms with van der Waals surface area (Å²) in [5.41, 5.74) is 6.09. The number of nitrogens with zero attached hydrogens (tertiary/aromatic N) is 2. The smallest absolute Gasteiger partial charge is 0.152 e. The van der Waals surface area contributed by atoms with Crippen LogP contribution in [0.25, 0.3) is 0 Å². The second kappa shape index (κ2) is 7.81. The van der Waals surface area contributed by atoms with Gasteiger partial charge in [-0.2, -0.15) is 5.10 Å². The van der Waals surface area contributed by atoms with Gasteiger partial charge in [0, 0.05) is 18.2 Å². The minimum Gasteiger partial charge on any atom is -0.306 e. The molecule has 7 heteroatoms. The number of hydrogen-bond donors (Lipinski definition) is 1. The molecule has 0 amide bonds. The van der Waals surface area contributed by atoms with Crippen LogP contribution in [0.3, 0.4) is 0 Å². The Labute approximate surface area is 172 Å². The molecule has 1 aromatic heterocycles. The van der Waals surface area contributed by atoms with Gasteiger partial charge in [-0.1, -0.05) is 29.8 Å². The molecule has 0 saturated carbocycles. The van der Waals surface area contributed by atoms with E-state index in [9.17, 15) is 8.42 Å². The maximum Gasteiger partial charge on any atom is 0.152 e. The summed E-state index contributed by atoms with van der Waals surface area (Å²) in [6, 6.07) is 6.90. The van der Waals surface area contributed by atoms with Crippen molar-refractivity contribution in [3.63, 3.8) is 0 Å². The van der Waals surface area contributed by atoms with Gasteiger partial charge in [0.2, 0.25) is 0 Å². The molecule has 1 aliphatic heterocycles. The van der Waals surface area contributed by atoms with E-state index in [1.165, 1.54) is 42.4 Å². The van der Waals surface area contributed by atoms with Crippen LogP contribution in [0.2, 0.25) is 5.15 Å². The molecule has 0 bridgehead atoms. The lowest BCUT2D eigenvalue weighted by Gasteiger charge is -2.20. The average Bonchev–Trinajstić information content (AvgIpc) is 3.18. The summed E-state index contributed by atoms with van der Waals surface area (Å²) in [4.78, 5) is 0. The SMILES string of the molecule is Cc1nn([C@H]2CCS(=O)(=O)C2)c(Cl)c1CN[C@@H](C)c1ccc2c(c1)CCCC2. The lowest BCUT2D eigenvalue weighted by Crippen LogP contribution is -2.19. The van der Waals surface area contributed by atoms with Crippen LogP contribution in [0.5, 0.6) is 0 Å². The summed E-state index contributed by atoms with van der Waals surface area (Å²) < 4.78 is 25.3. The molecule has 2 atom stereocenters. The van der Waals surface area contributed by atoms with Gasteiger partial charge in [-0.3, -0.25) is 0 Å². The van der Waals surface area contributed by atoms with E-state index >= 15 is 0 Å². The van der Waals surface area contributed by atoms with E-state index in [1.807, 2.05) is 6.92 Å². The van der Waals surface area contributed by atoms with Gasteiger partial charge >= 0.3 is 0 Å². The van der Waals surface area contributed by atoms with Crippen molar-refractivity contribution in [3.8, 4) is 0 Å². The van der Waals surface area contributed by atoms with Gasteiger partial charge in [0.15, 0.2) is 9.84 Å². The van der Waals surface area contributed by atoms with Crippen molar-refractivity contribution in [2.75, 3.05) is 11.5 Å². The quantitative estimate of drug-likeness (QED) is 0.794. The lowest BCUT2D eigenvalue weighted by molar-refractivity contribution is 0.497. The third-order valence-electron chi connectivity index (χ3n) is 6.16. The summed E-state index contributed by atoms with van der Waals surface area (Å²) in [5, 5.41) is 8.67. The Morgan fingerprint density at radius 1 is 1.29 bits per heavy atom. The summed E-state index contributed by atoms with van der Waals surface area (Å²) in [7, 11) is -2.97. The number of sulfone groups is 1. The fourth-order valence-corrected chi connectivity index (χ4v) is 6.43. The zero-order valence-electron chi connectivity index (χ0n) is 16.5. The Balaban J connectivity index is 1.46. The van der Waals surface area contributed by atoms with Crippen molar-refractivity contribution in [3.05, 3.63) is 51.3 Å². The van der Waals surface area contributed by atoms with Crippen molar-refractivity contribution >= 4 is 21.4 Å². The molecule has 1 N–H and O–H groups in total. The van der Waals surface area contributed by atoms with Gasteiger partial charge in [-0.15, -0.1) is 0 Å². The van der Waals surface area contributed by atoms with Crippen LogP contribution in [-0.4, -0.2) is 29.7 Å². The highest BCUT2D eigenvalue weighted by molar-refractivity contribution is 7.91. The van der Waals surface area contributed by atoms with Crippen LogP contribution < -0.4 is 5.32 Å². The van der Waals surface area contributed by atoms with Crippen molar-refractivity contribution in [1.29, 1.82) is 0 Å². The molecular weight excluding hydrogens is 394 g/mol. The van der Waals surface area contributed by atoms with Gasteiger partial charge in [0.05, 0.1) is 23.2 Å². The van der Waals surface area contributed by atoms with E-state index in [-0.39, 0.29) is 23.6 Å². The minimum absolute atomic E-state index is 0.131. The number of aromatic nitrogens is 2. The molecule has 0 unspecified atom stereocenters. The van der Waals surface area contributed by atoms with Crippen LogP contribution in [0, 0.1) is 6.92 Å². The number of aryl methyl sites for hydroxylation is 3. The summed E-state index contributed by atoms with van der Waals surface area (Å²) >= 11 is 6.59. The lowest BCUT2D eigenvalue weighted by atomic mass is 9.89. The van der Waals surface area contributed by atoms with Crippen molar-refractivity contribution in [1.82, 2.24) is 15.1 Å². The van der Waals surface area contributed by atoms with E-state index in [0.29, 0.717) is 18.1 Å². The number of nitrogens with one attached hydrogen (secondary N) is 1. The van der Waals surface area contributed by atoms with E-state index in [0.717, 1.165) is 11.3 Å². The van der Waals surface area contributed by atoms with Crippen molar-refractivity contribution in [2.24, 2.45) is 0 Å². The van der Waals surface area contributed by atoms with Crippen molar-refractivity contribution in [2.45, 2.75) is 64.6 Å². The molecule has 1 saturated heterocycles. The number of halogens is 1. The zero-order chi connectivity index (χ0) is 19.9. The fourth-order valence-electron chi connectivity index (χ4n) is 4.36. The first-order chi connectivity index (χ1) is 13.3. The first kappa shape index (κ1) is 19.9. The Morgan fingerprint density at radius 2 is 2.04 bits per heavy atom. The second-order valence-corrected chi connectivity index (χ2v) is 10.8. The fraction of sp³-hybridized carbons (Fsp3) is 0.571. The van der Waals surface area contributed by atoms with E-state index < -0.39 is 9.84 Å². The van der Waals surface area contributed by atoms with Gasteiger partial charge < -0.3 is 5.32 Å². The molecule has 1 aliphatic carbocycles. The second-order valence-electron chi connectivity index (χ2n) is 8.19. The molecule has 1 aromatic carbocycles. The third kappa shape index (κ3) is 4.00. The van der Waals surface area contributed by atoms with Crippen molar-refractivity contribution < 1.29 is 8.42 Å². The molecule has 28 heavy (non-hydrogen) atoms. The highest BCUT2D eigenvalue weighted by atomic mass is 35.5. The maximum atomic E-state index is 11.8. The largest absolute Gasteiger partial charge is 0.306 e. The Kier molecular flexibility index (Phi) is 5.55. The monoisotopic (exact) mass is 421 g/mol. The molecule has 5 nitrogen and oxygen atoms in total. The summed E-state index contributed by atoms with van der Waals surface area (Å²) in [6.45, 7) is 4.72. The number of benzene rings is 1. The minimum atomic E-state index is -2.97. The van der Waals surface area contributed by atoms with Crippen LogP contribution in [0.4, 0.5) is 0 Å². The Bertz CT molecular complexity index is 984. The van der Waals surface area contributed by atoms with Crippen LogP contribution in [0.1, 0.15) is 66.2 Å². The molecule has 2 aliphatic rings. The molecule has 1 fully saturated rings. The molecule has 0 radical (unpaired) electrons. The first-order valence-corrected chi connectivity index (χ1v) is 12.3. The normalized spacial score (nSPS) is 22.2. The Morgan fingerprint density at radius 3 is 2.75 bits per heavy atom. The van der Waals surface area contributed by atoms with Gasteiger partial charge in [-0.25, -0.2) is 13.1 Å². The van der Waals surface area contributed by atoms with Crippen LogP contribution in [0.15, 0.2) is 18.2 Å². The highest BCUT2D eigenvalue weighted by Gasteiger charge is 2.32.